The Morgan fingerprint density at radius 2 is 1.50 bits per heavy atom. The Labute approximate surface area is 120 Å². The summed E-state index contributed by atoms with van der Waals surface area (Å²) in [4.78, 5) is 12.2. The first-order chi connectivity index (χ1) is 9.45. The summed E-state index contributed by atoms with van der Waals surface area (Å²) in [6.07, 6.45) is 0. The second kappa shape index (κ2) is 5.91. The van der Waals surface area contributed by atoms with Gasteiger partial charge in [-0.3, -0.25) is 4.79 Å². The van der Waals surface area contributed by atoms with E-state index < -0.39 is 0 Å². The molecular weight excluding hydrogens is 246 g/mol. The van der Waals surface area contributed by atoms with Crippen LogP contribution in [0.25, 0.3) is 0 Å². The summed E-state index contributed by atoms with van der Waals surface area (Å²) in [5, 5.41) is 2.94. The van der Waals surface area contributed by atoms with Crippen LogP contribution in [0.15, 0.2) is 42.5 Å². The summed E-state index contributed by atoms with van der Waals surface area (Å²) in [7, 11) is 0. The van der Waals surface area contributed by atoms with Crippen molar-refractivity contribution in [1.29, 1.82) is 0 Å². The molecule has 0 atom stereocenters. The normalized spacial score (nSPS) is 10.7. The average molecular weight is 267 g/mol. The molecule has 104 valence electrons. The molecule has 2 rings (SSSR count). The number of carbonyl (C=O) groups is 1. The molecule has 0 fully saturated rings. The molecule has 0 aliphatic carbocycles. The van der Waals surface area contributed by atoms with Crippen LogP contribution >= 0.6 is 0 Å². The molecule has 1 N–H and O–H groups in total. The second-order valence-electron chi connectivity index (χ2n) is 5.61. The van der Waals surface area contributed by atoms with Crippen LogP contribution in [0.5, 0.6) is 0 Å². The molecule has 2 aromatic rings. The van der Waals surface area contributed by atoms with Crippen LogP contribution in [0.2, 0.25) is 0 Å². The van der Waals surface area contributed by atoms with Crippen molar-refractivity contribution in [2.24, 2.45) is 0 Å². The monoisotopic (exact) mass is 267 g/mol. The smallest absolute Gasteiger partial charge is 0.255 e. The highest BCUT2D eigenvalue weighted by molar-refractivity contribution is 6.04. The molecule has 0 radical (unpaired) electrons. The third kappa shape index (κ3) is 3.47. The number of hydrogen-bond acceptors (Lipinski definition) is 1. The van der Waals surface area contributed by atoms with E-state index in [0.717, 1.165) is 16.8 Å². The van der Waals surface area contributed by atoms with Crippen molar-refractivity contribution < 1.29 is 4.79 Å². The highest BCUT2D eigenvalue weighted by Gasteiger charge is 2.07. The van der Waals surface area contributed by atoms with E-state index in [9.17, 15) is 4.79 Å². The van der Waals surface area contributed by atoms with E-state index in [1.807, 2.05) is 38.1 Å². The minimum absolute atomic E-state index is 0.0610. The number of nitrogens with one attached hydrogen (secondary N) is 1. The third-order valence-corrected chi connectivity index (χ3v) is 3.32. The average Bonchev–Trinajstić information content (AvgIpc) is 2.38. The highest BCUT2D eigenvalue weighted by Crippen LogP contribution is 2.18. The first kappa shape index (κ1) is 14.3. The Morgan fingerprint density at radius 3 is 2.00 bits per heavy atom. The van der Waals surface area contributed by atoms with Gasteiger partial charge in [0.25, 0.3) is 5.91 Å². The molecular formula is C18H21NO. The zero-order valence-corrected chi connectivity index (χ0v) is 12.5. The van der Waals surface area contributed by atoms with E-state index in [1.165, 1.54) is 5.56 Å². The SMILES string of the molecule is Cc1cc(C)cc(C(=O)Nc2ccc(C(C)C)cc2)c1. The lowest BCUT2D eigenvalue weighted by Crippen LogP contribution is -2.12. The van der Waals surface area contributed by atoms with Crippen LogP contribution in [-0.2, 0) is 0 Å². The Bertz CT molecular complexity index is 592. The molecule has 2 nitrogen and oxygen atoms in total. The number of anilines is 1. The van der Waals surface area contributed by atoms with Crippen molar-refractivity contribution in [2.75, 3.05) is 5.32 Å². The molecule has 0 bridgehead atoms. The van der Waals surface area contributed by atoms with Gasteiger partial charge in [-0.1, -0.05) is 43.2 Å². The van der Waals surface area contributed by atoms with Crippen LogP contribution in [0.1, 0.15) is 46.8 Å². The lowest BCUT2D eigenvalue weighted by molar-refractivity contribution is 0.102. The molecule has 0 heterocycles. The van der Waals surface area contributed by atoms with Crippen LogP contribution in [-0.4, -0.2) is 5.91 Å². The summed E-state index contributed by atoms with van der Waals surface area (Å²) in [5.41, 5.74) is 5.01. The van der Waals surface area contributed by atoms with Crippen molar-refractivity contribution in [3.63, 3.8) is 0 Å². The fraction of sp³-hybridized carbons (Fsp3) is 0.278. The second-order valence-corrected chi connectivity index (χ2v) is 5.61. The molecule has 1 amide bonds. The minimum atomic E-state index is -0.0610. The van der Waals surface area contributed by atoms with Gasteiger partial charge in [0.2, 0.25) is 0 Å². The maximum Gasteiger partial charge on any atom is 0.255 e. The zero-order chi connectivity index (χ0) is 14.7. The highest BCUT2D eigenvalue weighted by atomic mass is 16.1. The van der Waals surface area contributed by atoms with Crippen molar-refractivity contribution in [3.05, 3.63) is 64.7 Å². The number of hydrogen-bond donors (Lipinski definition) is 1. The Balaban J connectivity index is 2.14. The molecule has 2 aromatic carbocycles. The van der Waals surface area contributed by atoms with Crippen molar-refractivity contribution in [2.45, 2.75) is 33.6 Å². The van der Waals surface area contributed by atoms with E-state index in [0.29, 0.717) is 11.5 Å². The summed E-state index contributed by atoms with van der Waals surface area (Å²) in [6.45, 7) is 8.31. The Hall–Kier alpha value is -2.09. The minimum Gasteiger partial charge on any atom is -0.322 e. The van der Waals surface area contributed by atoms with Crippen LogP contribution in [0.4, 0.5) is 5.69 Å². The van der Waals surface area contributed by atoms with Gasteiger partial charge in [0, 0.05) is 11.3 Å². The quantitative estimate of drug-likeness (QED) is 0.859. The number of aryl methyl sites for hydroxylation is 2. The molecule has 2 heteroatoms. The van der Waals surface area contributed by atoms with E-state index in [2.05, 4.69) is 37.4 Å². The third-order valence-electron chi connectivity index (χ3n) is 3.32. The van der Waals surface area contributed by atoms with E-state index in [4.69, 9.17) is 0 Å². The van der Waals surface area contributed by atoms with Gasteiger partial charge in [-0.2, -0.15) is 0 Å². The molecule has 0 aromatic heterocycles. The van der Waals surface area contributed by atoms with E-state index in [-0.39, 0.29) is 5.91 Å². The standard InChI is InChI=1S/C18H21NO/c1-12(2)15-5-7-17(8-6-15)19-18(20)16-10-13(3)9-14(4)11-16/h5-12H,1-4H3,(H,19,20). The van der Waals surface area contributed by atoms with Gasteiger partial charge in [0.1, 0.15) is 0 Å². The van der Waals surface area contributed by atoms with Gasteiger partial charge in [-0.05, 0) is 49.6 Å². The predicted molar refractivity (Wildman–Crippen MR) is 84.4 cm³/mol. The van der Waals surface area contributed by atoms with Gasteiger partial charge in [0.05, 0.1) is 0 Å². The molecule has 20 heavy (non-hydrogen) atoms. The van der Waals surface area contributed by atoms with Gasteiger partial charge in [-0.15, -0.1) is 0 Å². The lowest BCUT2D eigenvalue weighted by Gasteiger charge is -2.09. The number of rotatable bonds is 3. The topological polar surface area (TPSA) is 29.1 Å². The Kier molecular flexibility index (Phi) is 4.23. The summed E-state index contributed by atoms with van der Waals surface area (Å²) in [5.74, 6) is 0.438. The molecule has 0 saturated heterocycles. The summed E-state index contributed by atoms with van der Waals surface area (Å²) in [6, 6.07) is 13.9. The first-order valence-corrected chi connectivity index (χ1v) is 6.95. The molecule has 0 saturated carbocycles. The van der Waals surface area contributed by atoms with Crippen molar-refractivity contribution in [1.82, 2.24) is 0 Å². The number of carbonyl (C=O) groups excluding carboxylic acids is 1. The lowest BCUT2D eigenvalue weighted by atomic mass is 10.0. The number of benzene rings is 2. The van der Waals surface area contributed by atoms with Crippen LogP contribution < -0.4 is 5.32 Å². The van der Waals surface area contributed by atoms with Crippen molar-refractivity contribution in [3.8, 4) is 0 Å². The van der Waals surface area contributed by atoms with E-state index >= 15 is 0 Å². The van der Waals surface area contributed by atoms with Crippen LogP contribution in [0.3, 0.4) is 0 Å². The largest absolute Gasteiger partial charge is 0.322 e. The van der Waals surface area contributed by atoms with Gasteiger partial charge in [0.15, 0.2) is 0 Å². The summed E-state index contributed by atoms with van der Waals surface area (Å²) < 4.78 is 0. The maximum absolute atomic E-state index is 12.2. The van der Waals surface area contributed by atoms with Crippen LogP contribution in [0, 0.1) is 13.8 Å². The zero-order valence-electron chi connectivity index (χ0n) is 12.5. The molecule has 0 aliphatic rings. The predicted octanol–water partition coefficient (Wildman–Crippen LogP) is 4.68. The molecule has 0 spiro atoms. The molecule has 0 unspecified atom stereocenters. The van der Waals surface area contributed by atoms with Crippen molar-refractivity contribution >= 4 is 11.6 Å². The fourth-order valence-corrected chi connectivity index (χ4v) is 2.26. The molecule has 0 aliphatic heterocycles. The fourth-order valence-electron chi connectivity index (χ4n) is 2.26. The van der Waals surface area contributed by atoms with E-state index in [1.54, 1.807) is 0 Å². The van der Waals surface area contributed by atoms with Gasteiger partial charge >= 0.3 is 0 Å². The van der Waals surface area contributed by atoms with Gasteiger partial charge < -0.3 is 5.32 Å². The number of amides is 1. The summed E-state index contributed by atoms with van der Waals surface area (Å²) >= 11 is 0. The van der Waals surface area contributed by atoms with Gasteiger partial charge in [-0.25, -0.2) is 0 Å². The Morgan fingerprint density at radius 1 is 0.950 bits per heavy atom. The maximum atomic E-state index is 12.2. The first-order valence-electron chi connectivity index (χ1n) is 6.95.